The molecule has 1 aliphatic heterocycles. The SMILES string of the molecule is Cc1cc(C(=O)CSc2ccc(S(=O)(=O)N3CCN(C)CC3)cn2)c(C)s1. The number of thioether (sulfide) groups is 1. The quantitative estimate of drug-likeness (QED) is 0.523. The number of Topliss-reactive ketones (excluding diaryl/α,β-unsaturated/α-hetero) is 1. The van der Waals surface area contributed by atoms with Crippen LogP contribution in [0.4, 0.5) is 0 Å². The summed E-state index contributed by atoms with van der Waals surface area (Å²) in [5, 5.41) is 0.644. The van der Waals surface area contributed by atoms with Gasteiger partial charge < -0.3 is 4.90 Å². The molecule has 2 aromatic heterocycles. The molecule has 1 fully saturated rings. The van der Waals surface area contributed by atoms with Crippen LogP contribution in [0.15, 0.2) is 34.3 Å². The highest BCUT2D eigenvalue weighted by Gasteiger charge is 2.27. The summed E-state index contributed by atoms with van der Waals surface area (Å²) in [4.78, 5) is 21.1. The molecule has 3 rings (SSSR count). The predicted molar refractivity (Wildman–Crippen MR) is 109 cm³/mol. The molecule has 1 saturated heterocycles. The van der Waals surface area contributed by atoms with Crippen LogP contribution in [0.1, 0.15) is 20.1 Å². The van der Waals surface area contributed by atoms with E-state index < -0.39 is 10.0 Å². The van der Waals surface area contributed by atoms with Crippen molar-refractivity contribution in [3.63, 3.8) is 0 Å². The van der Waals surface area contributed by atoms with Crippen molar-refractivity contribution in [3.8, 4) is 0 Å². The van der Waals surface area contributed by atoms with Gasteiger partial charge in [0, 0.05) is 47.7 Å². The Hall–Kier alpha value is -1.26. The Bertz CT molecular complexity index is 915. The lowest BCUT2D eigenvalue weighted by molar-refractivity contribution is 0.102. The normalized spacial score (nSPS) is 16.6. The Labute approximate surface area is 168 Å². The third kappa shape index (κ3) is 4.78. The molecule has 3 heterocycles. The standard InChI is InChI=1S/C18H23N3O3S3/c1-13-10-16(14(2)26-13)17(22)12-25-18-5-4-15(11-19-18)27(23,24)21-8-6-20(3)7-9-21/h4-5,10-11H,6-9,12H2,1-3H3. The molecule has 0 amide bonds. The van der Waals surface area contributed by atoms with Crippen LogP contribution < -0.4 is 0 Å². The Morgan fingerprint density at radius 2 is 1.93 bits per heavy atom. The number of ketones is 1. The number of pyridine rings is 1. The maximum Gasteiger partial charge on any atom is 0.244 e. The van der Waals surface area contributed by atoms with Crippen LogP contribution in [-0.4, -0.2) is 67.4 Å². The van der Waals surface area contributed by atoms with Crippen LogP contribution in [0.2, 0.25) is 0 Å². The highest BCUT2D eigenvalue weighted by atomic mass is 32.2. The van der Waals surface area contributed by atoms with Crippen LogP contribution in [0.3, 0.4) is 0 Å². The van der Waals surface area contributed by atoms with E-state index in [1.54, 1.807) is 23.5 Å². The van der Waals surface area contributed by atoms with Crippen molar-refractivity contribution < 1.29 is 13.2 Å². The highest BCUT2D eigenvalue weighted by Crippen LogP contribution is 2.25. The summed E-state index contributed by atoms with van der Waals surface area (Å²) < 4.78 is 26.9. The Balaban J connectivity index is 1.63. The molecule has 0 spiro atoms. The fraction of sp³-hybridized carbons (Fsp3) is 0.444. The molecular weight excluding hydrogens is 402 g/mol. The number of thiophene rings is 1. The second-order valence-electron chi connectivity index (χ2n) is 6.58. The minimum Gasteiger partial charge on any atom is -0.304 e. The van der Waals surface area contributed by atoms with Gasteiger partial charge in [-0.3, -0.25) is 4.79 Å². The van der Waals surface area contributed by atoms with Crippen LogP contribution in [0.5, 0.6) is 0 Å². The molecule has 0 aromatic carbocycles. The van der Waals surface area contributed by atoms with Crippen LogP contribution in [0, 0.1) is 13.8 Å². The van der Waals surface area contributed by atoms with Crippen molar-refractivity contribution >= 4 is 38.9 Å². The largest absolute Gasteiger partial charge is 0.304 e. The Morgan fingerprint density at radius 1 is 1.22 bits per heavy atom. The number of nitrogens with zero attached hydrogens (tertiary/aromatic N) is 3. The van der Waals surface area contributed by atoms with Gasteiger partial charge in [-0.2, -0.15) is 4.31 Å². The zero-order chi connectivity index (χ0) is 19.6. The summed E-state index contributed by atoms with van der Waals surface area (Å²) in [6.45, 7) is 6.37. The molecule has 0 aliphatic carbocycles. The van der Waals surface area contributed by atoms with Crippen molar-refractivity contribution in [2.45, 2.75) is 23.8 Å². The fourth-order valence-corrected chi connectivity index (χ4v) is 5.94. The second-order valence-corrected chi connectivity index (χ2v) is 11.0. The first kappa shape index (κ1) is 20.5. The fourth-order valence-electron chi connectivity index (χ4n) is 2.91. The zero-order valence-corrected chi connectivity index (χ0v) is 18.1. The number of sulfonamides is 1. The van der Waals surface area contributed by atoms with Gasteiger partial charge in [0.05, 0.1) is 10.8 Å². The molecule has 1 aliphatic rings. The summed E-state index contributed by atoms with van der Waals surface area (Å²) in [7, 11) is -1.53. The summed E-state index contributed by atoms with van der Waals surface area (Å²) in [5.74, 6) is 0.354. The minimum absolute atomic E-state index is 0.0674. The summed E-state index contributed by atoms with van der Waals surface area (Å²) >= 11 is 2.94. The topological polar surface area (TPSA) is 70.6 Å². The Morgan fingerprint density at radius 3 is 2.48 bits per heavy atom. The predicted octanol–water partition coefficient (Wildman–Crippen LogP) is 2.67. The van der Waals surface area contributed by atoms with Gasteiger partial charge in [0.15, 0.2) is 5.78 Å². The lowest BCUT2D eigenvalue weighted by Crippen LogP contribution is -2.47. The third-order valence-electron chi connectivity index (χ3n) is 4.50. The number of likely N-dealkylation sites (N-methyl/N-ethyl adjacent to an activating group) is 1. The number of aryl methyl sites for hydroxylation is 2. The average molecular weight is 426 g/mol. The summed E-state index contributed by atoms with van der Waals surface area (Å²) in [5.41, 5.74) is 0.763. The van der Waals surface area contributed by atoms with Gasteiger partial charge in [-0.25, -0.2) is 13.4 Å². The van der Waals surface area contributed by atoms with E-state index in [0.29, 0.717) is 18.1 Å². The molecule has 146 valence electrons. The third-order valence-corrected chi connectivity index (χ3v) is 8.29. The van der Waals surface area contributed by atoms with E-state index in [2.05, 4.69) is 9.88 Å². The maximum absolute atomic E-state index is 12.7. The first-order chi connectivity index (χ1) is 12.8. The monoisotopic (exact) mass is 425 g/mol. The number of aromatic nitrogens is 1. The van der Waals surface area contributed by atoms with Gasteiger partial charge in [0.1, 0.15) is 4.90 Å². The average Bonchev–Trinajstić information content (AvgIpc) is 2.99. The number of piperazine rings is 1. The van der Waals surface area contributed by atoms with Gasteiger partial charge >= 0.3 is 0 Å². The van der Waals surface area contributed by atoms with Crippen molar-refractivity contribution in [3.05, 3.63) is 39.7 Å². The molecule has 0 N–H and O–H groups in total. The molecule has 6 nitrogen and oxygen atoms in total. The van der Waals surface area contributed by atoms with Gasteiger partial charge in [-0.15, -0.1) is 11.3 Å². The van der Waals surface area contributed by atoms with Crippen LogP contribution in [-0.2, 0) is 10.0 Å². The molecule has 27 heavy (non-hydrogen) atoms. The molecule has 9 heteroatoms. The smallest absolute Gasteiger partial charge is 0.244 e. The molecule has 2 aromatic rings. The van der Waals surface area contributed by atoms with E-state index in [1.165, 1.54) is 22.3 Å². The van der Waals surface area contributed by atoms with Crippen molar-refractivity contribution in [2.75, 3.05) is 39.0 Å². The van der Waals surface area contributed by atoms with Gasteiger partial charge in [0.2, 0.25) is 10.0 Å². The molecule has 0 bridgehead atoms. The molecule has 0 radical (unpaired) electrons. The number of hydrogen-bond acceptors (Lipinski definition) is 7. The van der Waals surface area contributed by atoms with Crippen LogP contribution in [0.25, 0.3) is 0 Å². The van der Waals surface area contributed by atoms with Crippen molar-refractivity contribution in [1.82, 2.24) is 14.2 Å². The number of carbonyl (C=O) groups is 1. The lowest BCUT2D eigenvalue weighted by Gasteiger charge is -2.31. The number of rotatable bonds is 6. The van der Waals surface area contributed by atoms with Gasteiger partial charge in [-0.1, -0.05) is 11.8 Å². The summed E-state index contributed by atoms with van der Waals surface area (Å²) in [6.07, 6.45) is 1.39. The van der Waals surface area contributed by atoms with Crippen molar-refractivity contribution in [1.29, 1.82) is 0 Å². The number of carbonyl (C=O) groups excluding carboxylic acids is 1. The highest BCUT2D eigenvalue weighted by molar-refractivity contribution is 7.99. The van der Waals surface area contributed by atoms with E-state index >= 15 is 0 Å². The van der Waals surface area contributed by atoms with E-state index in [-0.39, 0.29) is 16.4 Å². The Kier molecular flexibility index (Phi) is 6.37. The lowest BCUT2D eigenvalue weighted by atomic mass is 10.2. The van der Waals surface area contributed by atoms with E-state index in [0.717, 1.165) is 28.4 Å². The molecular formula is C18H23N3O3S3. The minimum atomic E-state index is -3.51. The van der Waals surface area contributed by atoms with E-state index in [4.69, 9.17) is 0 Å². The first-order valence-corrected chi connectivity index (χ1v) is 11.9. The molecule has 0 saturated carbocycles. The molecule has 0 unspecified atom stereocenters. The van der Waals surface area contributed by atoms with Crippen molar-refractivity contribution in [2.24, 2.45) is 0 Å². The maximum atomic E-state index is 12.7. The molecule has 0 atom stereocenters. The van der Waals surface area contributed by atoms with E-state index in [9.17, 15) is 13.2 Å². The van der Waals surface area contributed by atoms with Gasteiger partial charge in [-0.05, 0) is 39.1 Å². The second kappa shape index (κ2) is 8.40. The zero-order valence-electron chi connectivity index (χ0n) is 15.6. The van der Waals surface area contributed by atoms with Gasteiger partial charge in [0.25, 0.3) is 0 Å². The summed E-state index contributed by atoms with van der Waals surface area (Å²) in [6, 6.07) is 5.17. The first-order valence-electron chi connectivity index (χ1n) is 8.65. The number of hydrogen-bond donors (Lipinski definition) is 0. The van der Waals surface area contributed by atoms with E-state index in [1.807, 2.05) is 27.0 Å². The van der Waals surface area contributed by atoms with Crippen LogP contribution >= 0.6 is 23.1 Å².